The van der Waals surface area contributed by atoms with Crippen molar-refractivity contribution in [1.29, 1.82) is 0 Å². The van der Waals surface area contributed by atoms with Crippen LogP contribution in [0.15, 0.2) is 78.9 Å². The monoisotopic (exact) mass is 467 g/mol. The van der Waals surface area contributed by atoms with Crippen LogP contribution in [0.2, 0.25) is 5.02 Å². The first-order chi connectivity index (χ1) is 15.5. The van der Waals surface area contributed by atoms with Gasteiger partial charge in [-0.3, -0.25) is 25.8 Å². The molecule has 0 unspecified atom stereocenters. The molecule has 0 heterocycles. The van der Waals surface area contributed by atoms with Crippen molar-refractivity contribution in [3.05, 3.63) is 101 Å². The molecule has 0 atom stereocenters. The maximum absolute atomic E-state index is 12.6. The Balaban J connectivity index is 1.47. The quantitative estimate of drug-likeness (QED) is 0.363. The number of rotatable bonds is 7. The van der Waals surface area contributed by atoms with Gasteiger partial charge in [-0.25, -0.2) is 0 Å². The maximum atomic E-state index is 12.6. The number of ether oxygens (including phenoxy) is 1. The van der Waals surface area contributed by atoms with Gasteiger partial charge in [0.2, 0.25) is 5.91 Å². The first-order valence-corrected chi connectivity index (χ1v) is 10.7. The molecule has 0 spiro atoms. The molecule has 32 heavy (non-hydrogen) atoms. The summed E-state index contributed by atoms with van der Waals surface area (Å²) in [7, 11) is 0. The van der Waals surface area contributed by atoms with Gasteiger partial charge in [-0.1, -0.05) is 66.2 Å². The second-order valence-electron chi connectivity index (χ2n) is 6.84. The molecule has 164 valence electrons. The number of para-hydroxylation sites is 1. The highest BCUT2D eigenvalue weighted by Gasteiger charge is 2.14. The Morgan fingerprint density at radius 1 is 0.844 bits per heavy atom. The predicted octanol–water partition coefficient (Wildman–Crippen LogP) is 3.84. The van der Waals surface area contributed by atoms with E-state index >= 15 is 0 Å². The lowest BCUT2D eigenvalue weighted by molar-refractivity contribution is -0.121. The summed E-state index contributed by atoms with van der Waals surface area (Å²) in [6.07, 6.45) is 0.856. The van der Waals surface area contributed by atoms with Gasteiger partial charge in [-0.05, 0) is 47.6 Å². The van der Waals surface area contributed by atoms with Crippen molar-refractivity contribution < 1.29 is 14.3 Å². The van der Waals surface area contributed by atoms with Crippen molar-refractivity contribution in [2.75, 3.05) is 6.61 Å². The van der Waals surface area contributed by atoms with E-state index in [1.54, 1.807) is 48.5 Å². The molecule has 0 aliphatic carbocycles. The molecular formula is C24H22ClN3O3S. The van der Waals surface area contributed by atoms with Gasteiger partial charge in [-0.2, -0.15) is 0 Å². The minimum atomic E-state index is -0.440. The van der Waals surface area contributed by atoms with Crippen LogP contribution >= 0.6 is 23.8 Å². The van der Waals surface area contributed by atoms with Crippen molar-refractivity contribution >= 4 is 40.7 Å². The topological polar surface area (TPSA) is 79.5 Å². The molecule has 0 aromatic heterocycles. The highest BCUT2D eigenvalue weighted by atomic mass is 35.5. The van der Waals surface area contributed by atoms with E-state index < -0.39 is 5.91 Å². The minimum absolute atomic E-state index is 0.0291. The zero-order chi connectivity index (χ0) is 22.8. The van der Waals surface area contributed by atoms with Gasteiger partial charge < -0.3 is 4.74 Å². The summed E-state index contributed by atoms with van der Waals surface area (Å²) in [4.78, 5) is 24.7. The van der Waals surface area contributed by atoms with Gasteiger partial charge >= 0.3 is 0 Å². The van der Waals surface area contributed by atoms with Gasteiger partial charge in [0.15, 0.2) is 5.11 Å². The molecule has 3 aromatic carbocycles. The highest BCUT2D eigenvalue weighted by Crippen LogP contribution is 2.18. The van der Waals surface area contributed by atoms with E-state index in [0.29, 0.717) is 22.9 Å². The SMILES string of the molecule is O=C(Cc1ccc(Cl)cc1)NNC(=S)NC(=O)c1ccccc1OCCc1ccccc1. The number of hydrazine groups is 1. The average molecular weight is 468 g/mol. The summed E-state index contributed by atoms with van der Waals surface area (Å²) in [6.45, 7) is 0.428. The molecule has 0 fully saturated rings. The molecule has 8 heteroatoms. The van der Waals surface area contributed by atoms with E-state index in [2.05, 4.69) is 16.2 Å². The van der Waals surface area contributed by atoms with E-state index in [0.717, 1.165) is 17.5 Å². The lowest BCUT2D eigenvalue weighted by Crippen LogP contribution is -2.48. The number of hydrogen-bond donors (Lipinski definition) is 3. The zero-order valence-electron chi connectivity index (χ0n) is 17.1. The fourth-order valence-corrected chi connectivity index (χ4v) is 3.13. The van der Waals surface area contributed by atoms with Crippen LogP contribution in [0.1, 0.15) is 21.5 Å². The van der Waals surface area contributed by atoms with Crippen LogP contribution in [0.5, 0.6) is 5.75 Å². The van der Waals surface area contributed by atoms with Crippen LogP contribution in [-0.2, 0) is 17.6 Å². The fourth-order valence-electron chi connectivity index (χ4n) is 2.86. The van der Waals surface area contributed by atoms with Crippen LogP contribution in [0.4, 0.5) is 0 Å². The van der Waals surface area contributed by atoms with Crippen molar-refractivity contribution in [1.82, 2.24) is 16.2 Å². The molecule has 6 nitrogen and oxygen atoms in total. The van der Waals surface area contributed by atoms with E-state index in [1.807, 2.05) is 30.3 Å². The summed E-state index contributed by atoms with van der Waals surface area (Å²) in [5, 5.41) is 3.11. The third kappa shape index (κ3) is 7.37. The number of carbonyl (C=O) groups excluding carboxylic acids is 2. The van der Waals surface area contributed by atoms with Gasteiger partial charge in [-0.15, -0.1) is 0 Å². The van der Waals surface area contributed by atoms with E-state index in [4.69, 9.17) is 28.6 Å². The summed E-state index contributed by atoms with van der Waals surface area (Å²) >= 11 is 10.9. The second kappa shape index (κ2) is 11.8. The molecule has 0 bridgehead atoms. The molecule has 3 rings (SSSR count). The minimum Gasteiger partial charge on any atom is -0.492 e. The Bertz CT molecular complexity index is 1080. The molecule has 0 saturated carbocycles. The number of carbonyl (C=O) groups is 2. The Labute approximate surface area is 196 Å². The molecule has 0 aliphatic rings. The fraction of sp³-hybridized carbons (Fsp3) is 0.125. The van der Waals surface area contributed by atoms with Crippen LogP contribution in [0.25, 0.3) is 0 Å². The number of halogens is 1. The van der Waals surface area contributed by atoms with Gasteiger partial charge in [0.1, 0.15) is 5.75 Å². The van der Waals surface area contributed by atoms with Crippen LogP contribution in [0, 0.1) is 0 Å². The number of benzene rings is 3. The smallest absolute Gasteiger partial charge is 0.261 e. The summed E-state index contributed by atoms with van der Waals surface area (Å²) < 4.78 is 5.81. The number of amides is 2. The van der Waals surface area contributed by atoms with Crippen LogP contribution in [-0.4, -0.2) is 23.5 Å². The normalized spacial score (nSPS) is 10.2. The highest BCUT2D eigenvalue weighted by molar-refractivity contribution is 7.80. The molecule has 2 amide bonds. The van der Waals surface area contributed by atoms with Gasteiger partial charge in [0.05, 0.1) is 18.6 Å². The Morgan fingerprint density at radius 3 is 2.28 bits per heavy atom. The molecule has 0 saturated heterocycles. The third-order valence-corrected chi connectivity index (χ3v) is 4.90. The standard InChI is InChI=1S/C24H22ClN3O3S/c25-19-12-10-18(11-13-19)16-22(29)27-28-24(32)26-23(30)20-8-4-5-9-21(20)31-15-14-17-6-2-1-3-7-17/h1-13H,14-16H2,(H,27,29)(H2,26,28,30,32). The van der Waals surface area contributed by atoms with E-state index in [-0.39, 0.29) is 17.4 Å². The van der Waals surface area contributed by atoms with Crippen molar-refractivity contribution in [3.63, 3.8) is 0 Å². The van der Waals surface area contributed by atoms with Crippen LogP contribution < -0.4 is 20.9 Å². The van der Waals surface area contributed by atoms with E-state index in [9.17, 15) is 9.59 Å². The van der Waals surface area contributed by atoms with E-state index in [1.165, 1.54) is 0 Å². The Hall–Kier alpha value is -3.42. The second-order valence-corrected chi connectivity index (χ2v) is 7.68. The molecule has 3 N–H and O–H groups in total. The summed E-state index contributed by atoms with van der Waals surface area (Å²) in [6, 6.07) is 23.8. The lowest BCUT2D eigenvalue weighted by atomic mass is 10.1. The third-order valence-electron chi connectivity index (χ3n) is 4.44. The lowest BCUT2D eigenvalue weighted by Gasteiger charge is -2.13. The number of nitrogens with one attached hydrogen (secondary N) is 3. The summed E-state index contributed by atoms with van der Waals surface area (Å²) in [5.41, 5.74) is 7.28. The number of thiocarbonyl (C=S) groups is 1. The molecule has 0 radical (unpaired) electrons. The molecule has 3 aromatic rings. The molecular weight excluding hydrogens is 446 g/mol. The average Bonchev–Trinajstić information content (AvgIpc) is 2.80. The maximum Gasteiger partial charge on any atom is 0.261 e. The summed E-state index contributed by atoms with van der Waals surface area (Å²) in [5.74, 6) is -0.297. The van der Waals surface area contributed by atoms with Crippen molar-refractivity contribution in [2.24, 2.45) is 0 Å². The Kier molecular flexibility index (Phi) is 8.60. The first-order valence-electron chi connectivity index (χ1n) is 9.91. The Morgan fingerprint density at radius 2 is 1.53 bits per heavy atom. The predicted molar refractivity (Wildman–Crippen MR) is 129 cm³/mol. The zero-order valence-corrected chi connectivity index (χ0v) is 18.7. The number of hydrogen-bond acceptors (Lipinski definition) is 4. The van der Waals surface area contributed by atoms with Gasteiger partial charge in [0.25, 0.3) is 5.91 Å². The van der Waals surface area contributed by atoms with Crippen LogP contribution in [0.3, 0.4) is 0 Å². The first kappa shape index (κ1) is 23.2. The largest absolute Gasteiger partial charge is 0.492 e. The van der Waals surface area contributed by atoms with Crippen molar-refractivity contribution in [2.45, 2.75) is 12.8 Å². The molecule has 0 aliphatic heterocycles. The van der Waals surface area contributed by atoms with Crippen molar-refractivity contribution in [3.8, 4) is 5.75 Å². The van der Waals surface area contributed by atoms with Gasteiger partial charge in [0, 0.05) is 11.4 Å².